The average molecular weight is 314 g/mol. The quantitative estimate of drug-likeness (QED) is 0.869. The zero-order valence-corrected chi connectivity index (χ0v) is 12.7. The molecule has 1 aliphatic heterocycles. The van der Waals surface area contributed by atoms with Crippen molar-refractivity contribution in [1.29, 1.82) is 0 Å². The number of aliphatic hydroxyl groups excluding tert-OH is 1. The number of hydrogen-bond acceptors (Lipinski definition) is 4. The summed E-state index contributed by atoms with van der Waals surface area (Å²) in [7, 11) is 1.54. The highest BCUT2D eigenvalue weighted by molar-refractivity contribution is 6.01. The molecule has 2 amide bonds. The van der Waals surface area contributed by atoms with Crippen molar-refractivity contribution in [1.82, 2.24) is 14.9 Å². The summed E-state index contributed by atoms with van der Waals surface area (Å²) in [5, 5.41) is 10.1. The summed E-state index contributed by atoms with van der Waals surface area (Å²) in [5.74, 6) is -0.661. The van der Waals surface area contributed by atoms with Gasteiger partial charge in [-0.3, -0.25) is 9.59 Å². The van der Waals surface area contributed by atoms with Crippen LogP contribution >= 0.6 is 0 Å². The Labute approximate surface area is 133 Å². The second-order valence-corrected chi connectivity index (χ2v) is 5.49. The minimum absolute atomic E-state index is 0.135. The predicted octanol–water partition coefficient (Wildman–Crippen LogP) is 0.707. The first-order valence-corrected chi connectivity index (χ1v) is 7.39. The number of carbonyl (C=O) groups is 2. The molecular formula is C16H18N4O3. The van der Waals surface area contributed by atoms with E-state index in [4.69, 9.17) is 0 Å². The van der Waals surface area contributed by atoms with Gasteiger partial charge in [0.1, 0.15) is 6.04 Å². The van der Waals surface area contributed by atoms with Gasteiger partial charge in [0.05, 0.1) is 18.2 Å². The molecule has 7 nitrogen and oxygen atoms in total. The maximum atomic E-state index is 12.6. The van der Waals surface area contributed by atoms with E-state index in [2.05, 4.69) is 9.97 Å². The van der Waals surface area contributed by atoms with Crippen molar-refractivity contribution in [3.8, 4) is 0 Å². The summed E-state index contributed by atoms with van der Waals surface area (Å²) >= 11 is 0. The minimum Gasteiger partial charge on any atom is -0.377 e. The van der Waals surface area contributed by atoms with Crippen LogP contribution in [0, 0.1) is 0 Å². The molecule has 1 aromatic heterocycles. The molecule has 0 saturated carbocycles. The summed E-state index contributed by atoms with van der Waals surface area (Å²) in [6.07, 6.45) is 1.97. The average Bonchev–Trinajstić information content (AvgIpc) is 3.23. The van der Waals surface area contributed by atoms with E-state index in [1.54, 1.807) is 11.9 Å². The number of anilines is 1. The molecule has 23 heavy (non-hydrogen) atoms. The van der Waals surface area contributed by atoms with Crippen LogP contribution in [0.2, 0.25) is 0 Å². The van der Waals surface area contributed by atoms with E-state index in [1.807, 2.05) is 30.3 Å². The van der Waals surface area contributed by atoms with Gasteiger partial charge >= 0.3 is 0 Å². The van der Waals surface area contributed by atoms with Crippen molar-refractivity contribution in [2.45, 2.75) is 18.6 Å². The van der Waals surface area contributed by atoms with Crippen LogP contribution in [0.3, 0.4) is 0 Å². The third-order valence-electron chi connectivity index (χ3n) is 4.11. The number of aromatic nitrogens is 2. The van der Waals surface area contributed by atoms with Crippen molar-refractivity contribution >= 4 is 17.5 Å². The number of amides is 2. The number of carbonyl (C=O) groups excluding carboxylic acids is 2. The van der Waals surface area contributed by atoms with Crippen molar-refractivity contribution in [2.75, 3.05) is 18.5 Å². The Hall–Kier alpha value is -2.67. The lowest BCUT2D eigenvalue weighted by atomic mass is 10.1. The van der Waals surface area contributed by atoms with Gasteiger partial charge in [-0.25, -0.2) is 4.98 Å². The molecule has 1 saturated heterocycles. The van der Waals surface area contributed by atoms with Crippen LogP contribution in [0.15, 0.2) is 42.9 Å². The fraction of sp³-hybridized carbons (Fsp3) is 0.312. The highest BCUT2D eigenvalue weighted by Crippen LogP contribution is 2.25. The molecule has 1 aliphatic rings. The topological polar surface area (TPSA) is 89.5 Å². The first kappa shape index (κ1) is 15.2. The van der Waals surface area contributed by atoms with Crippen LogP contribution in [0.25, 0.3) is 0 Å². The lowest BCUT2D eigenvalue weighted by Crippen LogP contribution is -2.44. The number of nitrogens with zero attached hydrogens (tertiary/aromatic N) is 3. The van der Waals surface area contributed by atoms with Crippen LogP contribution in [0.1, 0.15) is 18.2 Å². The molecule has 3 rings (SSSR count). The van der Waals surface area contributed by atoms with E-state index in [0.717, 1.165) is 5.69 Å². The number of aliphatic hydroxyl groups is 1. The summed E-state index contributed by atoms with van der Waals surface area (Å²) in [6.45, 7) is 0.547. The van der Waals surface area contributed by atoms with Crippen molar-refractivity contribution in [3.63, 3.8) is 0 Å². The molecule has 2 heterocycles. The molecule has 2 atom stereocenters. The van der Waals surface area contributed by atoms with E-state index in [0.29, 0.717) is 18.7 Å². The van der Waals surface area contributed by atoms with Gasteiger partial charge in [-0.05, 0) is 18.6 Å². The number of benzene rings is 1. The Balaban J connectivity index is 1.72. The largest absolute Gasteiger partial charge is 0.377 e. The fourth-order valence-corrected chi connectivity index (χ4v) is 2.78. The van der Waals surface area contributed by atoms with Gasteiger partial charge in [-0.1, -0.05) is 18.2 Å². The molecule has 1 fully saturated rings. The first-order chi connectivity index (χ1) is 11.1. The van der Waals surface area contributed by atoms with Crippen LogP contribution in [-0.4, -0.2) is 51.4 Å². The number of likely N-dealkylation sites (N-methyl/N-ethyl adjacent to an activating group) is 1. The first-order valence-electron chi connectivity index (χ1n) is 7.39. The number of hydrogen-bond donors (Lipinski definition) is 2. The number of aromatic amines is 1. The zero-order chi connectivity index (χ0) is 16.4. The molecule has 0 spiro atoms. The van der Waals surface area contributed by atoms with Crippen LogP contribution in [0.4, 0.5) is 5.69 Å². The van der Waals surface area contributed by atoms with Gasteiger partial charge in [0, 0.05) is 19.3 Å². The zero-order valence-electron chi connectivity index (χ0n) is 12.7. The molecule has 2 N–H and O–H groups in total. The Bertz CT molecular complexity index is 687. The van der Waals surface area contributed by atoms with Gasteiger partial charge in [0.25, 0.3) is 5.91 Å². The Morgan fingerprint density at radius 3 is 2.83 bits per heavy atom. The van der Waals surface area contributed by atoms with E-state index in [1.165, 1.54) is 17.4 Å². The lowest BCUT2D eigenvalue weighted by molar-refractivity contribution is -0.144. The van der Waals surface area contributed by atoms with Gasteiger partial charge in [-0.2, -0.15) is 0 Å². The number of imidazole rings is 1. The van der Waals surface area contributed by atoms with E-state index < -0.39 is 18.1 Å². The van der Waals surface area contributed by atoms with E-state index in [9.17, 15) is 14.7 Å². The number of rotatable bonds is 4. The maximum absolute atomic E-state index is 12.6. The standard InChI is InChI=1S/C16H18N4O3/c1-19(16(23)14(21)12-9-17-10-18-12)13-7-8-20(15(13)22)11-5-3-2-4-6-11/h2-6,9-10,13-14,21H,7-8H2,1H3,(H,17,18). The molecular weight excluding hydrogens is 296 g/mol. The monoisotopic (exact) mass is 314 g/mol. The molecule has 0 bridgehead atoms. The van der Waals surface area contributed by atoms with Crippen LogP contribution in [-0.2, 0) is 9.59 Å². The molecule has 120 valence electrons. The lowest BCUT2D eigenvalue weighted by Gasteiger charge is -2.25. The third kappa shape index (κ3) is 2.83. The van der Waals surface area contributed by atoms with Crippen LogP contribution < -0.4 is 4.90 Å². The van der Waals surface area contributed by atoms with Crippen molar-refractivity contribution in [3.05, 3.63) is 48.5 Å². The minimum atomic E-state index is -1.35. The van der Waals surface area contributed by atoms with Gasteiger partial charge < -0.3 is 19.9 Å². The predicted molar refractivity (Wildman–Crippen MR) is 83.5 cm³/mol. The number of nitrogens with one attached hydrogen (secondary N) is 1. The normalized spacial score (nSPS) is 19.0. The van der Waals surface area contributed by atoms with E-state index in [-0.39, 0.29) is 5.91 Å². The van der Waals surface area contributed by atoms with Crippen LogP contribution in [0.5, 0.6) is 0 Å². The van der Waals surface area contributed by atoms with E-state index >= 15 is 0 Å². The fourth-order valence-electron chi connectivity index (χ4n) is 2.78. The summed E-state index contributed by atoms with van der Waals surface area (Å²) in [4.78, 5) is 34.4. The molecule has 2 unspecified atom stereocenters. The summed E-state index contributed by atoms with van der Waals surface area (Å²) in [5.41, 5.74) is 1.13. The molecule has 1 aromatic carbocycles. The van der Waals surface area contributed by atoms with Crippen molar-refractivity contribution in [2.24, 2.45) is 0 Å². The Morgan fingerprint density at radius 1 is 1.43 bits per heavy atom. The maximum Gasteiger partial charge on any atom is 0.258 e. The second-order valence-electron chi connectivity index (χ2n) is 5.49. The second kappa shape index (κ2) is 6.21. The molecule has 0 aliphatic carbocycles. The molecule has 7 heteroatoms. The molecule has 2 aromatic rings. The number of para-hydroxylation sites is 1. The summed E-state index contributed by atoms with van der Waals surface area (Å²) in [6, 6.07) is 8.78. The highest BCUT2D eigenvalue weighted by atomic mass is 16.3. The SMILES string of the molecule is CN(C(=O)C(O)c1cnc[nH]1)C1CCN(c2ccccc2)C1=O. The van der Waals surface area contributed by atoms with Crippen molar-refractivity contribution < 1.29 is 14.7 Å². The van der Waals surface area contributed by atoms with Gasteiger partial charge in [-0.15, -0.1) is 0 Å². The Morgan fingerprint density at radius 2 is 2.17 bits per heavy atom. The number of H-pyrrole nitrogens is 1. The highest BCUT2D eigenvalue weighted by Gasteiger charge is 2.38. The summed E-state index contributed by atoms with van der Waals surface area (Å²) < 4.78 is 0. The smallest absolute Gasteiger partial charge is 0.258 e. The van der Waals surface area contributed by atoms with Gasteiger partial charge in [0.15, 0.2) is 6.10 Å². The molecule has 0 radical (unpaired) electrons. The third-order valence-corrected chi connectivity index (χ3v) is 4.11. The Kier molecular flexibility index (Phi) is 4.12. The van der Waals surface area contributed by atoms with Gasteiger partial charge in [0.2, 0.25) is 5.91 Å².